The van der Waals surface area contributed by atoms with E-state index in [0.29, 0.717) is 6.04 Å². The van der Waals surface area contributed by atoms with Gasteiger partial charge in [-0.1, -0.05) is 19.4 Å². The van der Waals surface area contributed by atoms with Gasteiger partial charge in [0.15, 0.2) is 0 Å². The molecule has 2 atom stereocenters. The summed E-state index contributed by atoms with van der Waals surface area (Å²) in [6.45, 7) is 12.0. The first kappa shape index (κ1) is 12.8. The Morgan fingerprint density at radius 2 is 2.13 bits per heavy atom. The summed E-state index contributed by atoms with van der Waals surface area (Å²) in [5.74, 6) is 1.86. The Morgan fingerprint density at radius 3 is 2.60 bits per heavy atom. The summed E-state index contributed by atoms with van der Waals surface area (Å²) in [5.41, 5.74) is 1.32. The van der Waals surface area contributed by atoms with Gasteiger partial charge in [0.2, 0.25) is 0 Å². The molecule has 0 spiro atoms. The maximum absolute atomic E-state index is 4.00. The van der Waals surface area contributed by atoms with Crippen LogP contribution in [-0.4, -0.2) is 12.6 Å². The maximum atomic E-state index is 4.00. The zero-order valence-corrected chi connectivity index (χ0v) is 10.7. The van der Waals surface area contributed by atoms with Crippen LogP contribution < -0.4 is 5.32 Å². The number of rotatable bonds is 8. The van der Waals surface area contributed by atoms with Crippen LogP contribution in [0.2, 0.25) is 0 Å². The molecule has 88 valence electrons. The standard InChI is InChI=1S/C14H27N/c1-5-10-15-14(9-6-11(2)3)12(4)13-7-8-13/h12-15H,2,5-10H2,1,3-4H3. The molecule has 0 saturated heterocycles. The third-order valence-corrected chi connectivity index (χ3v) is 3.54. The third kappa shape index (κ3) is 4.83. The molecule has 0 aromatic rings. The molecule has 1 fully saturated rings. The smallest absolute Gasteiger partial charge is 0.00983 e. The van der Waals surface area contributed by atoms with Crippen molar-refractivity contribution >= 4 is 0 Å². The van der Waals surface area contributed by atoms with Gasteiger partial charge in [0.1, 0.15) is 0 Å². The van der Waals surface area contributed by atoms with Crippen molar-refractivity contribution in [2.24, 2.45) is 11.8 Å². The van der Waals surface area contributed by atoms with Crippen molar-refractivity contribution in [3.05, 3.63) is 12.2 Å². The zero-order valence-electron chi connectivity index (χ0n) is 10.7. The van der Waals surface area contributed by atoms with Crippen LogP contribution in [0.5, 0.6) is 0 Å². The molecule has 15 heavy (non-hydrogen) atoms. The molecule has 1 rings (SSSR count). The SMILES string of the molecule is C=C(C)CCC(NCCC)C(C)C1CC1. The van der Waals surface area contributed by atoms with E-state index in [1.165, 1.54) is 37.7 Å². The van der Waals surface area contributed by atoms with Crippen LogP contribution in [0.3, 0.4) is 0 Å². The average Bonchev–Trinajstić information content (AvgIpc) is 3.00. The van der Waals surface area contributed by atoms with Gasteiger partial charge in [-0.25, -0.2) is 0 Å². The van der Waals surface area contributed by atoms with Gasteiger partial charge < -0.3 is 5.32 Å². The van der Waals surface area contributed by atoms with Gasteiger partial charge in [-0.3, -0.25) is 0 Å². The first-order valence-corrected chi connectivity index (χ1v) is 6.53. The van der Waals surface area contributed by atoms with E-state index in [1.54, 1.807) is 0 Å². The van der Waals surface area contributed by atoms with E-state index in [2.05, 4.69) is 32.7 Å². The molecular formula is C14H27N. The average molecular weight is 209 g/mol. The Bertz CT molecular complexity index is 194. The summed E-state index contributed by atoms with van der Waals surface area (Å²) in [4.78, 5) is 0. The van der Waals surface area contributed by atoms with E-state index < -0.39 is 0 Å². The van der Waals surface area contributed by atoms with E-state index in [9.17, 15) is 0 Å². The highest BCUT2D eigenvalue weighted by molar-refractivity contribution is 4.92. The highest BCUT2D eigenvalue weighted by Gasteiger charge is 2.32. The van der Waals surface area contributed by atoms with Crippen molar-refractivity contribution in [1.82, 2.24) is 5.32 Å². The number of hydrogen-bond donors (Lipinski definition) is 1. The summed E-state index contributed by atoms with van der Waals surface area (Å²) in [7, 11) is 0. The molecule has 0 bridgehead atoms. The Hall–Kier alpha value is -0.300. The lowest BCUT2D eigenvalue weighted by Gasteiger charge is -2.25. The van der Waals surface area contributed by atoms with Crippen LogP contribution in [-0.2, 0) is 0 Å². The van der Waals surface area contributed by atoms with Crippen molar-refractivity contribution in [1.29, 1.82) is 0 Å². The molecule has 1 saturated carbocycles. The lowest BCUT2D eigenvalue weighted by molar-refractivity contribution is 0.325. The quantitative estimate of drug-likeness (QED) is 0.600. The molecule has 2 unspecified atom stereocenters. The summed E-state index contributed by atoms with van der Waals surface area (Å²) >= 11 is 0. The predicted octanol–water partition coefficient (Wildman–Crippen LogP) is 3.76. The molecule has 0 radical (unpaired) electrons. The maximum Gasteiger partial charge on any atom is 0.00983 e. The second-order valence-corrected chi connectivity index (χ2v) is 5.25. The van der Waals surface area contributed by atoms with E-state index in [0.717, 1.165) is 18.4 Å². The third-order valence-electron chi connectivity index (χ3n) is 3.54. The molecule has 0 heterocycles. The summed E-state index contributed by atoms with van der Waals surface area (Å²) < 4.78 is 0. The Morgan fingerprint density at radius 1 is 1.47 bits per heavy atom. The fraction of sp³-hybridized carbons (Fsp3) is 0.857. The summed E-state index contributed by atoms with van der Waals surface area (Å²) in [6, 6.07) is 0.717. The van der Waals surface area contributed by atoms with Crippen molar-refractivity contribution in [2.75, 3.05) is 6.54 Å². The molecule has 0 amide bonds. The van der Waals surface area contributed by atoms with Gasteiger partial charge in [-0.15, -0.1) is 6.58 Å². The number of allylic oxidation sites excluding steroid dienone is 1. The molecule has 1 heteroatoms. The highest BCUT2D eigenvalue weighted by Crippen LogP contribution is 2.39. The first-order chi connectivity index (χ1) is 7.15. The van der Waals surface area contributed by atoms with E-state index in [4.69, 9.17) is 0 Å². The molecule has 1 aliphatic carbocycles. The lowest BCUT2D eigenvalue weighted by Crippen LogP contribution is -2.36. The molecule has 0 aromatic carbocycles. The molecule has 0 aromatic heterocycles. The zero-order chi connectivity index (χ0) is 11.3. The highest BCUT2D eigenvalue weighted by atomic mass is 14.9. The van der Waals surface area contributed by atoms with Gasteiger partial charge >= 0.3 is 0 Å². The summed E-state index contributed by atoms with van der Waals surface area (Å²) in [5, 5.41) is 3.70. The normalized spacial score (nSPS) is 19.9. The molecule has 1 nitrogen and oxygen atoms in total. The van der Waals surface area contributed by atoms with Gasteiger partial charge in [-0.2, -0.15) is 0 Å². The number of nitrogens with one attached hydrogen (secondary N) is 1. The molecule has 0 aliphatic heterocycles. The Labute approximate surface area is 95.3 Å². The fourth-order valence-corrected chi connectivity index (χ4v) is 2.23. The predicted molar refractivity (Wildman–Crippen MR) is 68.0 cm³/mol. The second-order valence-electron chi connectivity index (χ2n) is 5.25. The van der Waals surface area contributed by atoms with Gasteiger partial charge in [-0.05, 0) is 57.4 Å². The molecule has 1 N–H and O–H groups in total. The van der Waals surface area contributed by atoms with Crippen LogP contribution in [0.25, 0.3) is 0 Å². The fourth-order valence-electron chi connectivity index (χ4n) is 2.23. The lowest BCUT2D eigenvalue weighted by atomic mass is 9.92. The van der Waals surface area contributed by atoms with Crippen LogP contribution >= 0.6 is 0 Å². The monoisotopic (exact) mass is 209 g/mol. The van der Waals surface area contributed by atoms with Crippen LogP contribution in [0, 0.1) is 11.8 Å². The molecule has 1 aliphatic rings. The van der Waals surface area contributed by atoms with Gasteiger partial charge in [0.05, 0.1) is 0 Å². The van der Waals surface area contributed by atoms with E-state index in [-0.39, 0.29) is 0 Å². The van der Waals surface area contributed by atoms with Crippen molar-refractivity contribution in [3.63, 3.8) is 0 Å². The van der Waals surface area contributed by atoms with Crippen LogP contribution in [0.1, 0.15) is 52.9 Å². The topological polar surface area (TPSA) is 12.0 Å². The minimum absolute atomic E-state index is 0.717. The largest absolute Gasteiger partial charge is 0.314 e. The Balaban J connectivity index is 2.32. The minimum atomic E-state index is 0.717. The first-order valence-electron chi connectivity index (χ1n) is 6.53. The van der Waals surface area contributed by atoms with E-state index >= 15 is 0 Å². The second kappa shape index (κ2) is 6.32. The Kier molecular flexibility index (Phi) is 5.38. The van der Waals surface area contributed by atoms with Crippen molar-refractivity contribution in [2.45, 2.75) is 58.9 Å². The van der Waals surface area contributed by atoms with Gasteiger partial charge in [0, 0.05) is 6.04 Å². The molecular weight excluding hydrogens is 182 g/mol. The minimum Gasteiger partial charge on any atom is -0.314 e. The number of hydrogen-bond acceptors (Lipinski definition) is 1. The van der Waals surface area contributed by atoms with Crippen molar-refractivity contribution in [3.8, 4) is 0 Å². The van der Waals surface area contributed by atoms with Crippen molar-refractivity contribution < 1.29 is 0 Å². The van der Waals surface area contributed by atoms with Crippen LogP contribution in [0.4, 0.5) is 0 Å². The summed E-state index contributed by atoms with van der Waals surface area (Å²) in [6.07, 6.45) is 6.60. The van der Waals surface area contributed by atoms with Gasteiger partial charge in [0.25, 0.3) is 0 Å². The van der Waals surface area contributed by atoms with Crippen LogP contribution in [0.15, 0.2) is 12.2 Å². The van der Waals surface area contributed by atoms with E-state index in [1.807, 2.05) is 0 Å².